The molecule has 1 atom stereocenters. The highest BCUT2D eigenvalue weighted by Crippen LogP contribution is 2.35. The van der Waals surface area contributed by atoms with Crippen molar-refractivity contribution in [2.24, 2.45) is 0 Å². The van der Waals surface area contributed by atoms with Gasteiger partial charge < -0.3 is 34.1 Å². The lowest BCUT2D eigenvalue weighted by Gasteiger charge is -2.06. The minimum absolute atomic E-state index is 0.342. The molecular weight excluding hydrogens is 314 g/mol. The molecule has 6 N–H and O–H groups in total. The number of phosphoric acid groups is 2. The minimum atomic E-state index is -4.64. The van der Waals surface area contributed by atoms with Gasteiger partial charge in [0.1, 0.15) is 0 Å². The first-order valence-electron chi connectivity index (χ1n) is 6.03. The van der Waals surface area contributed by atoms with Gasteiger partial charge in [-0.2, -0.15) is 0 Å². The Morgan fingerprint density at radius 1 is 0.950 bits per heavy atom. The Morgan fingerprint density at radius 2 is 1.30 bits per heavy atom. The summed E-state index contributed by atoms with van der Waals surface area (Å²) in [6.45, 7) is 5.48. The van der Waals surface area contributed by atoms with Crippen LogP contribution in [-0.4, -0.2) is 41.6 Å². The van der Waals surface area contributed by atoms with Crippen LogP contribution < -0.4 is 0 Å². The van der Waals surface area contributed by atoms with Crippen LogP contribution in [0, 0.1) is 0 Å². The maximum Gasteiger partial charge on any atom is 0.466 e. The van der Waals surface area contributed by atoms with E-state index in [1.165, 1.54) is 32.1 Å². The first-order valence-corrected chi connectivity index (χ1v) is 9.16. The topological polar surface area (TPSA) is 168 Å². The van der Waals surface area contributed by atoms with Crippen LogP contribution in [0.25, 0.3) is 0 Å². The van der Waals surface area contributed by atoms with Crippen molar-refractivity contribution in [2.75, 3.05) is 6.61 Å². The zero-order chi connectivity index (χ0) is 16.4. The zero-order valence-corrected chi connectivity index (χ0v) is 13.3. The van der Waals surface area contributed by atoms with E-state index in [4.69, 9.17) is 43.2 Å². The maximum absolute atomic E-state index is 8.88. The fourth-order valence-electron chi connectivity index (χ4n) is 1.32. The molecule has 1 rings (SSSR count). The van der Waals surface area contributed by atoms with E-state index >= 15 is 0 Å². The molecule has 1 aliphatic rings. The summed E-state index contributed by atoms with van der Waals surface area (Å²) in [5, 5.41) is 0. The Kier molecular flexibility index (Phi) is 11.2. The van der Waals surface area contributed by atoms with Gasteiger partial charge in [-0.3, -0.25) is 0 Å². The molecule has 11 heteroatoms. The highest BCUT2D eigenvalue weighted by Gasteiger charge is 2.41. The molecule has 0 amide bonds. The summed E-state index contributed by atoms with van der Waals surface area (Å²) in [6.07, 6.45) is 6.53. The Labute approximate surface area is 118 Å². The molecule has 0 aromatic rings. The summed E-state index contributed by atoms with van der Waals surface area (Å²) in [5.74, 6) is 0. The van der Waals surface area contributed by atoms with Crippen LogP contribution in [0.4, 0.5) is 0 Å². The third-order valence-corrected chi connectivity index (χ3v) is 2.43. The lowest BCUT2D eigenvalue weighted by atomic mass is 10.00. The molecule has 0 aromatic carbocycles. The molecule has 1 aliphatic heterocycles. The molecule has 1 fully saturated rings. The third-order valence-electron chi connectivity index (χ3n) is 2.43. The van der Waals surface area contributed by atoms with Gasteiger partial charge in [-0.05, 0) is 12.8 Å². The molecule has 1 heterocycles. The first-order chi connectivity index (χ1) is 8.83. The van der Waals surface area contributed by atoms with Gasteiger partial charge in [0.15, 0.2) is 0 Å². The van der Waals surface area contributed by atoms with E-state index in [1.54, 1.807) is 0 Å². The predicted molar refractivity (Wildman–Crippen MR) is 71.6 cm³/mol. The standard InChI is InChI=1S/C9H18O.2H3O4P/c1-3-5-6-7-9(4-2)8-10-9;2*1-5(2,3)4/h3-8H2,1-2H3;2*(H3,1,2,3,4). The number of unbranched alkanes of at least 4 members (excludes halogenated alkanes) is 2. The van der Waals surface area contributed by atoms with Crippen LogP contribution >= 0.6 is 15.6 Å². The van der Waals surface area contributed by atoms with E-state index in [2.05, 4.69) is 13.8 Å². The molecule has 0 saturated carbocycles. The van der Waals surface area contributed by atoms with Crippen LogP contribution in [-0.2, 0) is 13.9 Å². The number of ether oxygens (including phenoxy) is 1. The summed E-state index contributed by atoms with van der Waals surface area (Å²) in [6, 6.07) is 0. The van der Waals surface area contributed by atoms with Crippen LogP contribution in [0.5, 0.6) is 0 Å². The number of hydrogen-bond donors (Lipinski definition) is 6. The molecule has 1 saturated heterocycles. The number of rotatable bonds is 5. The Bertz CT molecular complexity index is 294. The van der Waals surface area contributed by atoms with Gasteiger partial charge in [0, 0.05) is 0 Å². The summed E-state index contributed by atoms with van der Waals surface area (Å²) in [5.41, 5.74) is 0.342. The summed E-state index contributed by atoms with van der Waals surface area (Å²) >= 11 is 0. The summed E-state index contributed by atoms with van der Waals surface area (Å²) in [4.78, 5) is 43.1. The summed E-state index contributed by atoms with van der Waals surface area (Å²) < 4.78 is 23.2. The van der Waals surface area contributed by atoms with Crippen molar-refractivity contribution in [1.82, 2.24) is 0 Å². The second-order valence-electron chi connectivity index (χ2n) is 4.31. The quantitative estimate of drug-likeness (QED) is 0.242. The van der Waals surface area contributed by atoms with Gasteiger partial charge in [0.2, 0.25) is 0 Å². The van der Waals surface area contributed by atoms with Crippen molar-refractivity contribution in [3.05, 3.63) is 0 Å². The Balaban J connectivity index is 0. The molecule has 1 unspecified atom stereocenters. The maximum atomic E-state index is 8.88. The molecule has 0 aromatic heterocycles. The van der Waals surface area contributed by atoms with E-state index in [0.717, 1.165) is 6.61 Å². The molecule has 9 nitrogen and oxygen atoms in total. The van der Waals surface area contributed by atoms with E-state index in [9.17, 15) is 0 Å². The fourth-order valence-corrected chi connectivity index (χ4v) is 1.32. The molecule has 124 valence electrons. The summed E-state index contributed by atoms with van der Waals surface area (Å²) in [7, 11) is -9.28. The zero-order valence-electron chi connectivity index (χ0n) is 11.5. The van der Waals surface area contributed by atoms with Crippen molar-refractivity contribution in [3.63, 3.8) is 0 Å². The van der Waals surface area contributed by atoms with Crippen molar-refractivity contribution < 1.29 is 43.2 Å². The third kappa shape index (κ3) is 26.7. The Hall–Kier alpha value is 0.180. The van der Waals surface area contributed by atoms with E-state index in [1.807, 2.05) is 0 Å². The monoisotopic (exact) mass is 338 g/mol. The number of hydrogen-bond acceptors (Lipinski definition) is 3. The van der Waals surface area contributed by atoms with Gasteiger partial charge in [-0.15, -0.1) is 0 Å². The highest BCUT2D eigenvalue weighted by molar-refractivity contribution is 7.45. The molecule has 20 heavy (non-hydrogen) atoms. The smallest absolute Gasteiger partial charge is 0.370 e. The van der Waals surface area contributed by atoms with Crippen LogP contribution in [0.3, 0.4) is 0 Å². The average Bonchev–Trinajstić information content (AvgIpc) is 2.94. The Morgan fingerprint density at radius 3 is 1.50 bits per heavy atom. The van der Waals surface area contributed by atoms with Gasteiger partial charge in [0.25, 0.3) is 0 Å². The average molecular weight is 338 g/mol. The minimum Gasteiger partial charge on any atom is -0.370 e. The van der Waals surface area contributed by atoms with Gasteiger partial charge in [0.05, 0.1) is 12.2 Å². The second kappa shape index (κ2) is 10.00. The van der Waals surface area contributed by atoms with Crippen LogP contribution in [0.2, 0.25) is 0 Å². The highest BCUT2D eigenvalue weighted by atomic mass is 31.2. The van der Waals surface area contributed by atoms with Crippen LogP contribution in [0.1, 0.15) is 46.0 Å². The van der Waals surface area contributed by atoms with Crippen molar-refractivity contribution in [2.45, 2.75) is 51.6 Å². The largest absolute Gasteiger partial charge is 0.466 e. The van der Waals surface area contributed by atoms with Crippen molar-refractivity contribution in [1.29, 1.82) is 0 Å². The first kappa shape index (κ1) is 22.5. The SMILES string of the molecule is CCCCCC1(CC)CO1.O=P(O)(O)O.O=P(O)(O)O. The fraction of sp³-hybridized carbons (Fsp3) is 1.00. The van der Waals surface area contributed by atoms with Crippen molar-refractivity contribution in [3.8, 4) is 0 Å². The predicted octanol–water partition coefficient (Wildman–Crippen LogP) is 0.889. The molecular formula is C9H24O9P2. The van der Waals surface area contributed by atoms with E-state index < -0.39 is 15.6 Å². The molecule has 0 aliphatic carbocycles. The lowest BCUT2D eigenvalue weighted by Crippen LogP contribution is -2.07. The van der Waals surface area contributed by atoms with Crippen LogP contribution in [0.15, 0.2) is 0 Å². The van der Waals surface area contributed by atoms with Crippen molar-refractivity contribution >= 4 is 15.6 Å². The molecule has 0 spiro atoms. The lowest BCUT2D eigenvalue weighted by molar-refractivity contribution is 0.272. The van der Waals surface area contributed by atoms with E-state index in [0.29, 0.717) is 5.60 Å². The molecule has 0 radical (unpaired) electrons. The van der Waals surface area contributed by atoms with Gasteiger partial charge >= 0.3 is 15.6 Å². The van der Waals surface area contributed by atoms with E-state index in [-0.39, 0.29) is 0 Å². The van der Waals surface area contributed by atoms with Gasteiger partial charge in [-0.25, -0.2) is 9.13 Å². The van der Waals surface area contributed by atoms with Gasteiger partial charge in [-0.1, -0.05) is 33.1 Å². The normalized spacial score (nSPS) is 21.2. The second-order valence-corrected chi connectivity index (χ2v) is 6.36. The number of epoxide rings is 1. The molecule has 0 bridgehead atoms.